The maximum atomic E-state index is 11.3. The minimum Gasteiger partial charge on any atom is -0.748 e. The van der Waals surface area contributed by atoms with E-state index in [1.54, 1.807) is 0 Å². The van der Waals surface area contributed by atoms with Gasteiger partial charge in [0.1, 0.15) is 0 Å². The Labute approximate surface area is 191 Å². The fraction of sp³-hybridized carbons (Fsp3) is 1.00. The molecular weight excluding hydrogens is 371 g/mol. The third kappa shape index (κ3) is 19.9. The Hall–Kier alpha value is 0.870. The van der Waals surface area contributed by atoms with Crippen LogP contribution in [-0.2, 0) is 10.1 Å². The Kier molecular flexibility index (Phi) is 22.4. The summed E-state index contributed by atoms with van der Waals surface area (Å²) >= 11 is 0. The van der Waals surface area contributed by atoms with E-state index in [9.17, 15) is 18.1 Å². The quantitative estimate of drug-likeness (QED) is 0.200. The van der Waals surface area contributed by atoms with Crippen LogP contribution in [0.2, 0.25) is 0 Å². The number of hydrogen-bond acceptors (Lipinski definition) is 4. The zero-order chi connectivity index (χ0) is 19.7. The maximum Gasteiger partial charge on any atom is 1.00 e. The summed E-state index contributed by atoms with van der Waals surface area (Å²) in [6.45, 7) is 4.11. The zero-order valence-electron chi connectivity index (χ0n) is 18.3. The molecule has 0 saturated heterocycles. The summed E-state index contributed by atoms with van der Waals surface area (Å²) in [5.74, 6) is 0. The molecule has 158 valence electrons. The molecule has 0 aliphatic carbocycles. The Bertz CT molecular complexity index is 401. The average molecular weight is 415 g/mol. The second-order valence-electron chi connectivity index (χ2n) is 7.79. The molecule has 0 spiro atoms. The van der Waals surface area contributed by atoms with Gasteiger partial charge in [-0.25, -0.2) is 8.42 Å². The van der Waals surface area contributed by atoms with Crippen molar-refractivity contribution in [3.05, 3.63) is 0 Å². The number of aliphatic hydroxyl groups excluding tert-OH is 1. The number of hydrogen-bond donors (Lipinski definition) is 1. The normalized spacial score (nSPS) is 13.9. The first kappa shape index (κ1) is 30.1. The van der Waals surface area contributed by atoms with Gasteiger partial charge in [0.2, 0.25) is 0 Å². The Morgan fingerprint density at radius 3 is 1.48 bits per heavy atom. The molecule has 27 heavy (non-hydrogen) atoms. The van der Waals surface area contributed by atoms with Gasteiger partial charge in [-0.1, -0.05) is 97.3 Å². The molecule has 0 radical (unpaired) electrons. The summed E-state index contributed by atoms with van der Waals surface area (Å²) in [5.41, 5.74) is 0. The van der Waals surface area contributed by atoms with Crippen molar-refractivity contribution in [1.29, 1.82) is 0 Å². The van der Waals surface area contributed by atoms with Crippen molar-refractivity contribution >= 4 is 10.1 Å². The summed E-state index contributed by atoms with van der Waals surface area (Å²) in [4.78, 5) is 0. The smallest absolute Gasteiger partial charge is 0.748 e. The van der Waals surface area contributed by atoms with Crippen LogP contribution >= 0.6 is 0 Å². The largest absolute Gasteiger partial charge is 1.00 e. The third-order valence-electron chi connectivity index (χ3n) is 5.33. The molecule has 0 heterocycles. The minimum atomic E-state index is -4.25. The fourth-order valence-corrected chi connectivity index (χ4v) is 4.29. The number of aliphatic hydroxyl groups is 1. The van der Waals surface area contributed by atoms with Crippen LogP contribution in [0.3, 0.4) is 0 Å². The van der Waals surface area contributed by atoms with Gasteiger partial charge in [-0.05, 0) is 25.7 Å². The zero-order valence-corrected chi connectivity index (χ0v) is 21.1. The van der Waals surface area contributed by atoms with E-state index in [-0.39, 0.29) is 29.6 Å². The van der Waals surface area contributed by atoms with E-state index in [4.69, 9.17) is 0 Å². The Morgan fingerprint density at radius 2 is 1.11 bits per heavy atom. The maximum absolute atomic E-state index is 11.3. The minimum absolute atomic E-state index is 0. The van der Waals surface area contributed by atoms with E-state index in [1.807, 2.05) is 6.92 Å². The molecule has 2 unspecified atom stereocenters. The topological polar surface area (TPSA) is 77.4 Å². The summed E-state index contributed by atoms with van der Waals surface area (Å²) in [6, 6.07) is 0. The molecule has 6 heteroatoms. The van der Waals surface area contributed by atoms with Gasteiger partial charge in [-0.2, -0.15) is 0 Å². The second kappa shape index (κ2) is 20.2. The molecule has 1 N–H and O–H groups in total. The van der Waals surface area contributed by atoms with Crippen LogP contribution in [0.1, 0.15) is 123 Å². The Balaban J connectivity index is 0. The standard InChI is InChI=1S/C21H44O4S.Na/c1-3-5-6-7-8-9-10-11-12-13-14-15-16-17-21(26(23,24)25)19-18-20(22)4-2;/h20-22H,3-19H2,1-2H3,(H,23,24,25);/q;+1/p-1. The third-order valence-corrected chi connectivity index (χ3v) is 6.62. The van der Waals surface area contributed by atoms with E-state index >= 15 is 0 Å². The van der Waals surface area contributed by atoms with E-state index in [0.717, 1.165) is 19.3 Å². The van der Waals surface area contributed by atoms with Crippen LogP contribution < -0.4 is 29.6 Å². The van der Waals surface area contributed by atoms with E-state index in [0.29, 0.717) is 25.7 Å². The van der Waals surface area contributed by atoms with Gasteiger partial charge in [-0.3, -0.25) is 0 Å². The SMILES string of the molecule is CCCCCCCCCCCCCCCC(CCC(O)CC)S(=O)(=O)[O-].[Na+]. The molecule has 0 aromatic heterocycles. The molecule has 0 amide bonds. The molecule has 0 aliphatic heterocycles. The van der Waals surface area contributed by atoms with E-state index < -0.39 is 21.5 Å². The van der Waals surface area contributed by atoms with Gasteiger partial charge < -0.3 is 9.66 Å². The van der Waals surface area contributed by atoms with Crippen LogP contribution in [0.4, 0.5) is 0 Å². The molecule has 0 aromatic carbocycles. The van der Waals surface area contributed by atoms with Gasteiger partial charge in [0, 0.05) is 5.25 Å². The van der Waals surface area contributed by atoms with Crippen molar-refractivity contribution in [2.75, 3.05) is 0 Å². The summed E-state index contributed by atoms with van der Waals surface area (Å²) in [7, 11) is -4.25. The number of rotatable bonds is 19. The van der Waals surface area contributed by atoms with Gasteiger partial charge >= 0.3 is 29.6 Å². The molecule has 0 saturated carbocycles. The van der Waals surface area contributed by atoms with Crippen molar-refractivity contribution in [3.63, 3.8) is 0 Å². The second-order valence-corrected chi connectivity index (χ2v) is 9.44. The van der Waals surface area contributed by atoms with Crippen molar-refractivity contribution in [3.8, 4) is 0 Å². The number of unbranched alkanes of at least 4 members (excludes halogenated alkanes) is 12. The molecule has 0 bridgehead atoms. The summed E-state index contributed by atoms with van der Waals surface area (Å²) in [5, 5.41) is 8.74. The van der Waals surface area contributed by atoms with Crippen LogP contribution in [-0.4, -0.2) is 29.4 Å². The van der Waals surface area contributed by atoms with Crippen LogP contribution in [0.5, 0.6) is 0 Å². The predicted molar refractivity (Wildman–Crippen MR) is 109 cm³/mol. The van der Waals surface area contributed by atoms with Crippen molar-refractivity contribution in [2.45, 2.75) is 134 Å². The molecular formula is C21H43NaO4S. The van der Waals surface area contributed by atoms with E-state index in [2.05, 4.69) is 6.92 Å². The molecule has 2 atom stereocenters. The van der Waals surface area contributed by atoms with Gasteiger partial charge in [0.15, 0.2) is 0 Å². The van der Waals surface area contributed by atoms with Crippen molar-refractivity contribution < 1.29 is 47.6 Å². The molecule has 0 aromatic rings. The summed E-state index contributed by atoms with van der Waals surface area (Å²) in [6.07, 6.45) is 17.5. The van der Waals surface area contributed by atoms with E-state index in [1.165, 1.54) is 64.2 Å². The molecule has 0 aliphatic rings. The van der Waals surface area contributed by atoms with Crippen molar-refractivity contribution in [2.24, 2.45) is 0 Å². The first-order valence-electron chi connectivity index (χ1n) is 11.0. The molecule has 0 rings (SSSR count). The Morgan fingerprint density at radius 1 is 0.704 bits per heavy atom. The van der Waals surface area contributed by atoms with Gasteiger partial charge in [0.05, 0.1) is 16.2 Å². The first-order valence-corrected chi connectivity index (χ1v) is 12.5. The van der Waals surface area contributed by atoms with Crippen molar-refractivity contribution in [1.82, 2.24) is 0 Å². The van der Waals surface area contributed by atoms with Crippen LogP contribution in [0, 0.1) is 0 Å². The van der Waals surface area contributed by atoms with Gasteiger partial charge in [-0.15, -0.1) is 0 Å². The van der Waals surface area contributed by atoms with Gasteiger partial charge in [0.25, 0.3) is 0 Å². The van der Waals surface area contributed by atoms with Crippen LogP contribution in [0.15, 0.2) is 0 Å². The molecule has 0 fully saturated rings. The predicted octanol–water partition coefficient (Wildman–Crippen LogP) is 2.94. The first-order chi connectivity index (χ1) is 12.4. The van der Waals surface area contributed by atoms with Crippen LogP contribution in [0.25, 0.3) is 0 Å². The monoisotopic (exact) mass is 414 g/mol. The molecule has 4 nitrogen and oxygen atoms in total. The fourth-order valence-electron chi connectivity index (χ4n) is 3.41. The average Bonchev–Trinajstić information content (AvgIpc) is 2.60. The summed E-state index contributed by atoms with van der Waals surface area (Å²) < 4.78 is 34.0.